The Balaban J connectivity index is 1.93. The number of aryl methyl sites for hydroxylation is 1. The van der Waals surface area contributed by atoms with Gasteiger partial charge in [-0.2, -0.15) is 0 Å². The Kier molecular flexibility index (Phi) is 4.75. The van der Waals surface area contributed by atoms with Crippen molar-refractivity contribution in [1.82, 2.24) is 0 Å². The van der Waals surface area contributed by atoms with Crippen LogP contribution in [0.5, 0.6) is 0 Å². The van der Waals surface area contributed by atoms with E-state index in [4.69, 9.17) is 0 Å². The molecule has 1 aliphatic rings. The number of rotatable bonds is 3. The molecule has 2 aromatic rings. The van der Waals surface area contributed by atoms with E-state index in [2.05, 4.69) is 10.0 Å². The Labute approximate surface area is 150 Å². The van der Waals surface area contributed by atoms with Crippen molar-refractivity contribution < 1.29 is 17.6 Å². The summed E-state index contributed by atoms with van der Waals surface area (Å²) in [6.07, 6.45) is 0. The number of carbonyl (C=O) groups excluding carboxylic acids is 1. The maximum absolute atomic E-state index is 13.2. The first kappa shape index (κ1) is 17.8. The molecule has 0 bridgehead atoms. The van der Waals surface area contributed by atoms with Gasteiger partial charge in [0.1, 0.15) is 5.82 Å². The van der Waals surface area contributed by atoms with E-state index in [1.54, 1.807) is 13.0 Å². The summed E-state index contributed by atoms with van der Waals surface area (Å²) in [5, 5.41) is 2.77. The lowest BCUT2D eigenvalue weighted by atomic mass is 10.2. The molecule has 0 aliphatic carbocycles. The third-order valence-corrected chi connectivity index (χ3v) is 6.59. The average molecular weight is 380 g/mol. The quantitative estimate of drug-likeness (QED) is 0.853. The number of amides is 1. The highest BCUT2D eigenvalue weighted by Crippen LogP contribution is 2.34. The van der Waals surface area contributed by atoms with Crippen molar-refractivity contribution in [3.05, 3.63) is 47.8 Å². The van der Waals surface area contributed by atoms with Crippen LogP contribution in [0.25, 0.3) is 0 Å². The second kappa shape index (κ2) is 6.68. The normalized spacial score (nSPS) is 17.4. The van der Waals surface area contributed by atoms with Crippen molar-refractivity contribution in [2.45, 2.75) is 23.6 Å². The fourth-order valence-corrected chi connectivity index (χ4v) is 4.56. The lowest BCUT2D eigenvalue weighted by Crippen LogP contribution is -2.20. The van der Waals surface area contributed by atoms with Gasteiger partial charge in [-0.25, -0.2) is 12.8 Å². The Morgan fingerprint density at radius 1 is 1.24 bits per heavy atom. The lowest BCUT2D eigenvalue weighted by Gasteiger charge is -2.13. The summed E-state index contributed by atoms with van der Waals surface area (Å²) < 4.78 is 40.9. The number of fused-ring (bicyclic) bond motifs is 1. The standard InChI is InChI=1S/C17H17FN2O3S2/c1-10-7-12(18)3-5-14(10)20-25(22,23)13-4-6-16-15(8-13)19-17(21)11(2)9-24-16/h3-8,11,20H,9H2,1-2H3,(H,19,21)/t11-/m0/s1. The monoisotopic (exact) mass is 380 g/mol. The molecular weight excluding hydrogens is 363 g/mol. The van der Waals surface area contributed by atoms with Gasteiger partial charge in [-0.15, -0.1) is 11.8 Å². The van der Waals surface area contributed by atoms with Crippen LogP contribution in [0, 0.1) is 18.7 Å². The minimum Gasteiger partial charge on any atom is -0.325 e. The van der Waals surface area contributed by atoms with Crippen LogP contribution in [0.4, 0.5) is 15.8 Å². The molecule has 0 saturated heterocycles. The average Bonchev–Trinajstić information content (AvgIpc) is 2.69. The summed E-state index contributed by atoms with van der Waals surface area (Å²) in [6.45, 7) is 3.45. The molecule has 2 aromatic carbocycles. The van der Waals surface area contributed by atoms with Crippen molar-refractivity contribution in [3.8, 4) is 0 Å². The Morgan fingerprint density at radius 3 is 2.72 bits per heavy atom. The summed E-state index contributed by atoms with van der Waals surface area (Å²) >= 11 is 1.51. The lowest BCUT2D eigenvalue weighted by molar-refractivity contribution is -0.118. The number of thioether (sulfide) groups is 1. The highest BCUT2D eigenvalue weighted by atomic mass is 32.2. The van der Waals surface area contributed by atoms with Crippen LogP contribution in [0.2, 0.25) is 0 Å². The number of hydrogen-bond donors (Lipinski definition) is 2. The summed E-state index contributed by atoms with van der Waals surface area (Å²) in [7, 11) is -3.86. The number of nitrogens with one attached hydrogen (secondary N) is 2. The minimum absolute atomic E-state index is 0.0328. The first-order valence-corrected chi connectivity index (χ1v) is 10.1. The van der Waals surface area contributed by atoms with Gasteiger partial charge in [0.25, 0.3) is 10.0 Å². The minimum atomic E-state index is -3.86. The van der Waals surface area contributed by atoms with Crippen LogP contribution in [-0.2, 0) is 14.8 Å². The van der Waals surface area contributed by atoms with E-state index < -0.39 is 15.8 Å². The number of hydrogen-bond acceptors (Lipinski definition) is 4. The van der Waals surface area contributed by atoms with E-state index >= 15 is 0 Å². The molecule has 1 heterocycles. The molecule has 0 saturated carbocycles. The van der Waals surface area contributed by atoms with Crippen LogP contribution >= 0.6 is 11.8 Å². The van der Waals surface area contributed by atoms with E-state index in [-0.39, 0.29) is 16.7 Å². The zero-order chi connectivity index (χ0) is 18.2. The van der Waals surface area contributed by atoms with E-state index in [1.807, 2.05) is 6.92 Å². The van der Waals surface area contributed by atoms with E-state index in [9.17, 15) is 17.6 Å². The predicted molar refractivity (Wildman–Crippen MR) is 96.9 cm³/mol. The molecule has 2 N–H and O–H groups in total. The highest BCUT2D eigenvalue weighted by molar-refractivity contribution is 7.99. The zero-order valence-electron chi connectivity index (χ0n) is 13.7. The summed E-state index contributed by atoms with van der Waals surface area (Å²) in [4.78, 5) is 12.8. The van der Waals surface area contributed by atoms with Gasteiger partial charge in [0.2, 0.25) is 5.91 Å². The molecule has 0 unspecified atom stereocenters. The van der Waals surface area contributed by atoms with Gasteiger partial charge >= 0.3 is 0 Å². The molecule has 0 aromatic heterocycles. The Bertz CT molecular complexity index is 945. The van der Waals surface area contributed by atoms with Crippen molar-refractivity contribution in [1.29, 1.82) is 0 Å². The maximum Gasteiger partial charge on any atom is 0.261 e. The van der Waals surface area contributed by atoms with Crippen molar-refractivity contribution in [3.63, 3.8) is 0 Å². The van der Waals surface area contributed by atoms with Gasteiger partial charge in [-0.05, 0) is 48.9 Å². The van der Waals surface area contributed by atoms with Gasteiger partial charge in [0.15, 0.2) is 0 Å². The SMILES string of the molecule is Cc1cc(F)ccc1NS(=O)(=O)c1ccc2c(c1)NC(=O)[C@@H](C)CS2. The Hall–Kier alpha value is -2.06. The molecule has 0 spiro atoms. The molecule has 3 rings (SSSR count). The zero-order valence-corrected chi connectivity index (χ0v) is 15.3. The number of halogens is 1. The van der Waals surface area contributed by atoms with Gasteiger partial charge in [0, 0.05) is 16.6 Å². The molecule has 1 aliphatic heterocycles. The first-order chi connectivity index (χ1) is 11.8. The highest BCUT2D eigenvalue weighted by Gasteiger charge is 2.23. The number of sulfonamides is 1. The van der Waals surface area contributed by atoms with Crippen LogP contribution in [0.1, 0.15) is 12.5 Å². The van der Waals surface area contributed by atoms with E-state index in [0.717, 1.165) is 4.90 Å². The molecule has 8 heteroatoms. The molecule has 132 valence electrons. The summed E-state index contributed by atoms with van der Waals surface area (Å²) in [6, 6.07) is 8.46. The molecular formula is C17H17FN2O3S2. The van der Waals surface area contributed by atoms with Crippen LogP contribution in [0.3, 0.4) is 0 Å². The second-order valence-corrected chi connectivity index (χ2v) is 8.67. The van der Waals surface area contributed by atoms with Gasteiger partial charge in [0.05, 0.1) is 16.3 Å². The Morgan fingerprint density at radius 2 is 2.00 bits per heavy atom. The molecule has 5 nitrogen and oxygen atoms in total. The fourth-order valence-electron chi connectivity index (χ4n) is 2.39. The van der Waals surface area contributed by atoms with Crippen molar-refractivity contribution in [2.24, 2.45) is 5.92 Å². The molecule has 1 amide bonds. The second-order valence-electron chi connectivity index (χ2n) is 5.92. The third-order valence-electron chi connectivity index (χ3n) is 3.89. The summed E-state index contributed by atoms with van der Waals surface area (Å²) in [5.41, 5.74) is 1.28. The first-order valence-electron chi connectivity index (χ1n) is 7.63. The molecule has 25 heavy (non-hydrogen) atoms. The largest absolute Gasteiger partial charge is 0.325 e. The number of benzene rings is 2. The van der Waals surface area contributed by atoms with Gasteiger partial charge < -0.3 is 5.32 Å². The van der Waals surface area contributed by atoms with Crippen LogP contribution in [-0.4, -0.2) is 20.1 Å². The topological polar surface area (TPSA) is 75.3 Å². The van der Waals surface area contributed by atoms with Gasteiger partial charge in [-0.3, -0.25) is 9.52 Å². The molecule has 0 fully saturated rings. The molecule has 0 radical (unpaired) electrons. The number of anilines is 2. The predicted octanol–water partition coefficient (Wildman–Crippen LogP) is 3.62. The number of carbonyl (C=O) groups is 1. The van der Waals surface area contributed by atoms with Crippen LogP contribution in [0.15, 0.2) is 46.2 Å². The van der Waals surface area contributed by atoms with Crippen molar-refractivity contribution >= 4 is 39.1 Å². The van der Waals surface area contributed by atoms with E-state index in [0.29, 0.717) is 22.7 Å². The molecule has 1 atom stereocenters. The van der Waals surface area contributed by atoms with Gasteiger partial charge in [-0.1, -0.05) is 6.92 Å². The van der Waals surface area contributed by atoms with Crippen LogP contribution < -0.4 is 10.0 Å². The maximum atomic E-state index is 13.2. The van der Waals surface area contributed by atoms with E-state index in [1.165, 1.54) is 42.1 Å². The summed E-state index contributed by atoms with van der Waals surface area (Å²) in [5.74, 6) is -0.0854. The third kappa shape index (κ3) is 3.80. The smallest absolute Gasteiger partial charge is 0.261 e. The van der Waals surface area contributed by atoms with Crippen molar-refractivity contribution in [2.75, 3.05) is 15.8 Å². The fraction of sp³-hybridized carbons (Fsp3) is 0.235.